The molecule has 1 aromatic carbocycles. The van der Waals surface area contributed by atoms with Gasteiger partial charge < -0.3 is 10.4 Å². The van der Waals surface area contributed by atoms with Gasteiger partial charge in [0.1, 0.15) is 18.3 Å². The van der Waals surface area contributed by atoms with Crippen LogP contribution in [0.25, 0.3) is 0 Å². The van der Waals surface area contributed by atoms with Gasteiger partial charge in [-0.1, -0.05) is 0 Å². The lowest BCUT2D eigenvalue weighted by molar-refractivity contribution is -0.0852. The van der Waals surface area contributed by atoms with E-state index in [1.54, 1.807) is 18.2 Å². The minimum absolute atomic E-state index is 0.125. The predicted molar refractivity (Wildman–Crippen MR) is 96.3 cm³/mol. The van der Waals surface area contributed by atoms with Crippen LogP contribution >= 0.6 is 22.6 Å². The van der Waals surface area contributed by atoms with Gasteiger partial charge in [-0.15, -0.1) is 0 Å². The largest absolute Gasteiger partial charge is 0.396 e. The van der Waals surface area contributed by atoms with Gasteiger partial charge in [0.2, 0.25) is 0 Å². The van der Waals surface area contributed by atoms with Crippen molar-refractivity contribution in [1.82, 2.24) is 5.48 Å². The molecule has 0 unspecified atom stereocenters. The average Bonchev–Trinajstić information content (AvgIpc) is 2.47. The van der Waals surface area contributed by atoms with Gasteiger partial charge in [-0.3, -0.25) is 4.84 Å². The van der Waals surface area contributed by atoms with Gasteiger partial charge in [0, 0.05) is 15.9 Å². The number of halogens is 2. The molecule has 0 aliphatic carbocycles. The molecule has 0 spiro atoms. The third kappa shape index (κ3) is 7.41. The fraction of sp³-hybridized carbons (Fsp3) is 0.500. The molecule has 7 heteroatoms. The normalized spacial score (nSPS) is 12.6. The van der Waals surface area contributed by atoms with Crippen LogP contribution in [0.2, 0.25) is 0 Å². The summed E-state index contributed by atoms with van der Waals surface area (Å²) in [5.41, 5.74) is 3.62. The summed E-state index contributed by atoms with van der Waals surface area (Å²) in [6.45, 7) is 4.87. The number of benzene rings is 1. The Morgan fingerprint density at radius 1 is 1.43 bits per heavy atom. The van der Waals surface area contributed by atoms with E-state index in [9.17, 15) is 14.3 Å². The van der Waals surface area contributed by atoms with Crippen molar-refractivity contribution in [3.8, 4) is 0 Å². The van der Waals surface area contributed by atoms with E-state index in [4.69, 9.17) is 4.84 Å². The molecule has 0 radical (unpaired) electrons. The molecule has 0 aromatic heterocycles. The maximum absolute atomic E-state index is 12.9. The molecular weight excluding hydrogens is 414 g/mol. The van der Waals surface area contributed by atoms with Gasteiger partial charge in [-0.05, 0) is 73.5 Å². The van der Waals surface area contributed by atoms with Crippen molar-refractivity contribution in [2.75, 3.05) is 11.9 Å². The zero-order valence-corrected chi connectivity index (χ0v) is 15.6. The molecule has 23 heavy (non-hydrogen) atoms. The maximum Gasteiger partial charge on any atom is 0.147 e. The van der Waals surface area contributed by atoms with E-state index in [-0.39, 0.29) is 18.7 Å². The van der Waals surface area contributed by atoms with Crippen LogP contribution in [0.3, 0.4) is 0 Å². The number of hydrogen-bond donors (Lipinski definition) is 3. The van der Waals surface area contributed by atoms with E-state index < -0.39 is 18.3 Å². The van der Waals surface area contributed by atoms with Crippen LogP contribution < -0.4 is 10.8 Å². The highest BCUT2D eigenvalue weighted by Crippen LogP contribution is 2.20. The summed E-state index contributed by atoms with van der Waals surface area (Å²) >= 11 is 2.08. The molecule has 3 N–H and O–H groups in total. The number of aliphatic hydroxyl groups is 1. The number of alkyl halides is 1. The van der Waals surface area contributed by atoms with Crippen LogP contribution in [0.4, 0.5) is 10.1 Å². The Morgan fingerprint density at radius 3 is 2.65 bits per heavy atom. The molecule has 0 heterocycles. The van der Waals surface area contributed by atoms with Crippen molar-refractivity contribution >= 4 is 34.2 Å². The minimum Gasteiger partial charge on any atom is -0.396 e. The van der Waals surface area contributed by atoms with Gasteiger partial charge in [-0.2, -0.15) is 5.48 Å². The molecule has 0 aliphatic heterocycles. The van der Waals surface area contributed by atoms with Crippen molar-refractivity contribution < 1.29 is 19.1 Å². The zero-order chi connectivity index (χ0) is 17.5. The first-order chi connectivity index (χ1) is 10.8. The number of anilines is 1. The fourth-order valence-corrected chi connectivity index (χ4v) is 2.51. The SMILES string of the molecule is CC(C)(C)ON[C@@H](CCO)C(=C=O)Nc1cc(I)cc(CF)c1. The molecule has 0 bridgehead atoms. The van der Waals surface area contributed by atoms with Crippen LogP contribution in [0, 0.1) is 3.57 Å². The Balaban J connectivity index is 2.91. The number of rotatable bonds is 8. The first kappa shape index (κ1) is 20.1. The Kier molecular flexibility index (Phi) is 8.15. The number of hydroxylamine groups is 1. The van der Waals surface area contributed by atoms with E-state index >= 15 is 0 Å². The zero-order valence-electron chi connectivity index (χ0n) is 13.5. The summed E-state index contributed by atoms with van der Waals surface area (Å²) in [5.74, 6) is 1.83. The lowest BCUT2D eigenvalue weighted by Gasteiger charge is -2.25. The minimum atomic E-state index is -0.586. The summed E-state index contributed by atoms with van der Waals surface area (Å²) in [7, 11) is 0. The van der Waals surface area contributed by atoms with Crippen molar-refractivity contribution in [2.45, 2.75) is 45.5 Å². The third-order valence-electron chi connectivity index (χ3n) is 2.77. The Bertz CT molecular complexity index is 569. The van der Waals surface area contributed by atoms with Crippen LogP contribution in [-0.4, -0.2) is 29.3 Å². The third-order valence-corrected chi connectivity index (χ3v) is 3.40. The van der Waals surface area contributed by atoms with Crippen molar-refractivity contribution in [2.24, 2.45) is 0 Å². The van der Waals surface area contributed by atoms with Crippen LogP contribution in [0.15, 0.2) is 23.9 Å². The van der Waals surface area contributed by atoms with Crippen LogP contribution in [0.5, 0.6) is 0 Å². The summed E-state index contributed by atoms with van der Waals surface area (Å²) in [6, 6.07) is 4.59. The first-order valence-corrected chi connectivity index (χ1v) is 8.28. The Morgan fingerprint density at radius 2 is 2.13 bits per heavy atom. The van der Waals surface area contributed by atoms with E-state index in [1.165, 1.54) is 0 Å². The van der Waals surface area contributed by atoms with Gasteiger partial charge in [0.25, 0.3) is 0 Å². The highest BCUT2D eigenvalue weighted by Gasteiger charge is 2.20. The van der Waals surface area contributed by atoms with E-state index in [0.717, 1.165) is 3.57 Å². The second kappa shape index (κ2) is 9.34. The molecule has 128 valence electrons. The molecule has 1 aromatic rings. The van der Waals surface area contributed by atoms with E-state index in [0.29, 0.717) is 11.3 Å². The second-order valence-electron chi connectivity index (χ2n) is 6.02. The first-order valence-electron chi connectivity index (χ1n) is 7.21. The topological polar surface area (TPSA) is 70.6 Å². The molecule has 0 amide bonds. The molecule has 0 aliphatic rings. The molecule has 0 saturated heterocycles. The van der Waals surface area contributed by atoms with Crippen LogP contribution in [0.1, 0.15) is 32.8 Å². The van der Waals surface area contributed by atoms with E-state index in [1.807, 2.05) is 26.7 Å². The molecular formula is C16H22FIN2O3. The summed E-state index contributed by atoms with van der Waals surface area (Å²) in [4.78, 5) is 16.8. The number of nitrogens with one attached hydrogen (secondary N) is 2. The van der Waals surface area contributed by atoms with Crippen molar-refractivity contribution in [3.05, 3.63) is 33.0 Å². The van der Waals surface area contributed by atoms with Gasteiger partial charge in [0.15, 0.2) is 0 Å². The Hall–Kier alpha value is -0.990. The molecule has 0 saturated carbocycles. The van der Waals surface area contributed by atoms with Crippen molar-refractivity contribution in [1.29, 1.82) is 0 Å². The number of aliphatic hydroxyl groups excluding tert-OH is 1. The molecule has 5 nitrogen and oxygen atoms in total. The molecule has 0 fully saturated rings. The standard InChI is InChI=1S/C16H22FIN2O3/c1-16(2,3)23-20-14(4-5-21)15(10-22)19-13-7-11(9-17)6-12(18)8-13/h6-8,14,19-21H,4-5,9H2,1-3H3/t14-/m0/s1. The van der Waals surface area contributed by atoms with Gasteiger partial charge >= 0.3 is 0 Å². The smallest absolute Gasteiger partial charge is 0.147 e. The van der Waals surface area contributed by atoms with E-state index in [2.05, 4.69) is 33.4 Å². The monoisotopic (exact) mass is 436 g/mol. The second-order valence-corrected chi connectivity index (χ2v) is 7.27. The van der Waals surface area contributed by atoms with Crippen LogP contribution in [-0.2, 0) is 16.3 Å². The molecule has 1 rings (SSSR count). The Labute approximate surface area is 149 Å². The summed E-state index contributed by atoms with van der Waals surface area (Å²) in [6.07, 6.45) is 0.271. The fourth-order valence-electron chi connectivity index (χ4n) is 1.78. The highest BCUT2D eigenvalue weighted by molar-refractivity contribution is 14.1. The van der Waals surface area contributed by atoms with Gasteiger partial charge in [-0.25, -0.2) is 9.18 Å². The average molecular weight is 436 g/mol. The summed E-state index contributed by atoms with van der Waals surface area (Å²) < 4.78 is 13.7. The molecule has 1 atom stereocenters. The maximum atomic E-state index is 12.9. The lowest BCUT2D eigenvalue weighted by Crippen LogP contribution is -2.40. The number of carbonyl (C=O) groups excluding carboxylic acids is 1. The lowest BCUT2D eigenvalue weighted by atomic mass is 10.1. The quantitative estimate of drug-likeness (QED) is 0.332. The highest BCUT2D eigenvalue weighted by atomic mass is 127. The van der Waals surface area contributed by atoms with Crippen molar-refractivity contribution in [3.63, 3.8) is 0 Å². The predicted octanol–water partition coefficient (Wildman–Crippen LogP) is 2.96. The number of hydrogen-bond acceptors (Lipinski definition) is 5. The van der Waals surface area contributed by atoms with Gasteiger partial charge in [0.05, 0.1) is 11.6 Å². The summed E-state index contributed by atoms with van der Waals surface area (Å²) in [5, 5.41) is 12.1.